The molecule has 1 unspecified atom stereocenters. The molecule has 6 heteroatoms. The number of anilines is 2. The molecule has 0 aliphatic carbocycles. The molecule has 1 aliphatic rings. The van der Waals surface area contributed by atoms with E-state index < -0.39 is 0 Å². The number of thiazole rings is 1. The Balaban J connectivity index is 1.65. The average Bonchev–Trinajstić information content (AvgIpc) is 2.92. The predicted octanol–water partition coefficient (Wildman–Crippen LogP) is 2.56. The van der Waals surface area contributed by atoms with Gasteiger partial charge in [0, 0.05) is 29.9 Å². The molecule has 0 radical (unpaired) electrons. The predicted molar refractivity (Wildman–Crippen MR) is 81.4 cm³/mol. The summed E-state index contributed by atoms with van der Waals surface area (Å²) in [7, 11) is 2.20. The summed E-state index contributed by atoms with van der Waals surface area (Å²) in [5.41, 5.74) is 1.11. The van der Waals surface area contributed by atoms with E-state index in [1.165, 1.54) is 25.9 Å². The van der Waals surface area contributed by atoms with Gasteiger partial charge in [-0.1, -0.05) is 0 Å². The molecule has 0 amide bonds. The SMILES string of the molecule is CN1CCCC(Cc2cc(Nc3nccs3)ncn2)C1. The molecule has 5 nitrogen and oxygen atoms in total. The lowest BCUT2D eigenvalue weighted by atomic mass is 9.93. The van der Waals surface area contributed by atoms with Crippen LogP contribution in [0.25, 0.3) is 0 Å². The lowest BCUT2D eigenvalue weighted by molar-refractivity contribution is 0.208. The van der Waals surface area contributed by atoms with Crippen molar-refractivity contribution < 1.29 is 0 Å². The molecule has 0 saturated carbocycles. The summed E-state index contributed by atoms with van der Waals surface area (Å²) in [5.74, 6) is 1.53. The van der Waals surface area contributed by atoms with Crippen LogP contribution in [0.4, 0.5) is 10.9 Å². The Labute approximate surface area is 123 Å². The van der Waals surface area contributed by atoms with E-state index in [-0.39, 0.29) is 0 Å². The van der Waals surface area contributed by atoms with E-state index in [2.05, 4.69) is 32.2 Å². The Morgan fingerprint density at radius 1 is 1.40 bits per heavy atom. The first kappa shape index (κ1) is 13.5. The fourth-order valence-electron chi connectivity index (χ4n) is 2.71. The van der Waals surface area contributed by atoms with Gasteiger partial charge < -0.3 is 10.2 Å². The van der Waals surface area contributed by atoms with Crippen LogP contribution in [0.5, 0.6) is 0 Å². The van der Waals surface area contributed by atoms with Crippen molar-refractivity contribution in [3.63, 3.8) is 0 Å². The van der Waals surface area contributed by atoms with Gasteiger partial charge in [0.05, 0.1) is 0 Å². The Bertz CT molecular complexity index is 542. The summed E-state index contributed by atoms with van der Waals surface area (Å²) < 4.78 is 0. The van der Waals surface area contributed by atoms with Crippen molar-refractivity contribution in [3.05, 3.63) is 29.7 Å². The number of nitrogens with zero attached hydrogens (tertiary/aromatic N) is 4. The van der Waals surface area contributed by atoms with Crippen LogP contribution in [0.15, 0.2) is 24.0 Å². The van der Waals surface area contributed by atoms with Crippen LogP contribution in [0.2, 0.25) is 0 Å². The third-order valence-corrected chi connectivity index (χ3v) is 4.30. The standard InChI is InChI=1S/C14H19N5S/c1-19-5-2-3-11(9-19)7-12-8-13(17-10-16-12)18-14-15-4-6-20-14/h4,6,8,10-11H,2-3,5,7,9H2,1H3,(H,15,16,17,18). The van der Waals surface area contributed by atoms with Crippen molar-refractivity contribution in [2.75, 3.05) is 25.5 Å². The molecule has 1 N–H and O–H groups in total. The minimum absolute atomic E-state index is 0.705. The lowest BCUT2D eigenvalue weighted by Crippen LogP contribution is -2.33. The topological polar surface area (TPSA) is 53.9 Å². The Morgan fingerprint density at radius 3 is 3.15 bits per heavy atom. The number of hydrogen-bond donors (Lipinski definition) is 1. The summed E-state index contributed by atoms with van der Waals surface area (Å²) in [6.45, 7) is 2.39. The summed E-state index contributed by atoms with van der Waals surface area (Å²) >= 11 is 1.57. The molecule has 20 heavy (non-hydrogen) atoms. The van der Waals surface area contributed by atoms with Gasteiger partial charge in [-0.05, 0) is 38.8 Å². The van der Waals surface area contributed by atoms with Gasteiger partial charge in [-0.15, -0.1) is 11.3 Å². The quantitative estimate of drug-likeness (QED) is 0.937. The van der Waals surface area contributed by atoms with E-state index in [9.17, 15) is 0 Å². The molecule has 0 spiro atoms. The van der Waals surface area contributed by atoms with E-state index in [1.807, 2.05) is 11.4 Å². The summed E-state index contributed by atoms with van der Waals surface area (Å²) in [6.07, 6.45) is 7.03. The third kappa shape index (κ3) is 3.52. The Kier molecular flexibility index (Phi) is 4.22. The molecule has 106 valence electrons. The first-order valence-corrected chi connectivity index (χ1v) is 7.83. The maximum atomic E-state index is 4.40. The van der Waals surface area contributed by atoms with Crippen molar-refractivity contribution in [2.45, 2.75) is 19.3 Å². The van der Waals surface area contributed by atoms with E-state index >= 15 is 0 Å². The van der Waals surface area contributed by atoms with Crippen LogP contribution in [0, 0.1) is 5.92 Å². The summed E-state index contributed by atoms with van der Waals surface area (Å²) in [6, 6.07) is 2.04. The van der Waals surface area contributed by atoms with E-state index in [0.29, 0.717) is 5.92 Å². The minimum Gasteiger partial charge on any atom is -0.316 e. The zero-order valence-corrected chi connectivity index (χ0v) is 12.4. The van der Waals surface area contributed by atoms with Crippen molar-refractivity contribution in [3.8, 4) is 0 Å². The van der Waals surface area contributed by atoms with E-state index in [1.54, 1.807) is 23.9 Å². The van der Waals surface area contributed by atoms with Gasteiger partial charge in [0.1, 0.15) is 12.1 Å². The fraction of sp³-hybridized carbons (Fsp3) is 0.500. The Hall–Kier alpha value is -1.53. The highest BCUT2D eigenvalue weighted by Crippen LogP contribution is 2.21. The Morgan fingerprint density at radius 2 is 2.35 bits per heavy atom. The van der Waals surface area contributed by atoms with Gasteiger partial charge in [0.25, 0.3) is 0 Å². The van der Waals surface area contributed by atoms with Crippen LogP contribution in [-0.2, 0) is 6.42 Å². The zero-order chi connectivity index (χ0) is 13.8. The van der Waals surface area contributed by atoms with Crippen LogP contribution in [0.3, 0.4) is 0 Å². The van der Waals surface area contributed by atoms with Gasteiger partial charge in [0.15, 0.2) is 5.13 Å². The smallest absolute Gasteiger partial charge is 0.188 e. The van der Waals surface area contributed by atoms with Crippen molar-refractivity contribution in [1.82, 2.24) is 19.9 Å². The minimum atomic E-state index is 0.705. The first-order valence-electron chi connectivity index (χ1n) is 6.95. The van der Waals surface area contributed by atoms with Gasteiger partial charge >= 0.3 is 0 Å². The second kappa shape index (κ2) is 6.28. The lowest BCUT2D eigenvalue weighted by Gasteiger charge is -2.29. The highest BCUT2D eigenvalue weighted by Gasteiger charge is 2.18. The second-order valence-corrected chi connectivity index (χ2v) is 6.23. The summed E-state index contributed by atoms with van der Waals surface area (Å²) in [5, 5.41) is 6.03. The molecule has 1 aliphatic heterocycles. The number of hydrogen-bond acceptors (Lipinski definition) is 6. The van der Waals surface area contributed by atoms with Crippen molar-refractivity contribution in [2.24, 2.45) is 5.92 Å². The van der Waals surface area contributed by atoms with Gasteiger partial charge in [-0.25, -0.2) is 15.0 Å². The van der Waals surface area contributed by atoms with Crippen molar-refractivity contribution >= 4 is 22.3 Å². The van der Waals surface area contributed by atoms with E-state index in [4.69, 9.17) is 0 Å². The third-order valence-electron chi connectivity index (χ3n) is 3.61. The summed E-state index contributed by atoms with van der Waals surface area (Å²) in [4.78, 5) is 15.3. The highest BCUT2D eigenvalue weighted by atomic mass is 32.1. The number of aromatic nitrogens is 3. The molecule has 3 rings (SSSR count). The molecule has 2 aromatic heterocycles. The van der Waals surface area contributed by atoms with E-state index in [0.717, 1.165) is 23.1 Å². The van der Waals surface area contributed by atoms with Crippen LogP contribution in [0.1, 0.15) is 18.5 Å². The molecule has 0 aromatic carbocycles. The van der Waals surface area contributed by atoms with Crippen LogP contribution < -0.4 is 5.32 Å². The average molecular weight is 289 g/mol. The van der Waals surface area contributed by atoms with Gasteiger partial charge in [0.2, 0.25) is 0 Å². The molecule has 0 bridgehead atoms. The maximum Gasteiger partial charge on any atom is 0.188 e. The number of nitrogens with one attached hydrogen (secondary N) is 1. The highest BCUT2D eigenvalue weighted by molar-refractivity contribution is 7.13. The zero-order valence-electron chi connectivity index (χ0n) is 11.6. The molecule has 1 saturated heterocycles. The number of rotatable bonds is 4. The molecule has 1 fully saturated rings. The largest absolute Gasteiger partial charge is 0.316 e. The molecular weight excluding hydrogens is 270 g/mol. The number of likely N-dealkylation sites (tertiary alicyclic amines) is 1. The monoisotopic (exact) mass is 289 g/mol. The van der Waals surface area contributed by atoms with Gasteiger partial charge in [-0.3, -0.25) is 0 Å². The van der Waals surface area contributed by atoms with Gasteiger partial charge in [-0.2, -0.15) is 0 Å². The molecule has 2 aromatic rings. The normalized spacial score (nSPS) is 19.9. The molecule has 3 heterocycles. The maximum absolute atomic E-state index is 4.40. The van der Waals surface area contributed by atoms with Crippen LogP contribution >= 0.6 is 11.3 Å². The second-order valence-electron chi connectivity index (χ2n) is 5.33. The molecule has 1 atom stereocenters. The van der Waals surface area contributed by atoms with Crippen molar-refractivity contribution in [1.29, 1.82) is 0 Å². The van der Waals surface area contributed by atoms with Crippen LogP contribution in [-0.4, -0.2) is 40.0 Å². The molecular formula is C14H19N5S. The first-order chi connectivity index (χ1) is 9.79. The fourth-order valence-corrected chi connectivity index (χ4v) is 3.24. The number of piperidine rings is 1.